The number of hydrogen-bond donors (Lipinski definition) is 1. The lowest BCUT2D eigenvalue weighted by Gasteiger charge is -2.15. The van der Waals surface area contributed by atoms with Crippen LogP contribution in [-0.2, 0) is 4.79 Å². The zero-order valence-corrected chi connectivity index (χ0v) is 8.63. The Morgan fingerprint density at radius 2 is 2.23 bits per heavy atom. The first-order chi connectivity index (χ1) is 6.06. The maximum Gasteiger partial charge on any atom is 0.234 e. The average Bonchev–Trinajstić information content (AvgIpc) is 1.98. The second kappa shape index (κ2) is 6.50. The molecule has 0 rings (SSSR count). The maximum atomic E-state index is 11.2. The minimum absolute atomic E-state index is 0.0505. The number of amides is 1. The molecule has 0 heterocycles. The Morgan fingerprint density at radius 3 is 2.69 bits per heavy atom. The lowest BCUT2D eigenvalue weighted by atomic mass is 10.3. The summed E-state index contributed by atoms with van der Waals surface area (Å²) < 4.78 is 0. The number of carbonyl (C=O) groups excluding carboxylic acids is 1. The van der Waals surface area contributed by atoms with Gasteiger partial charge in [-0.2, -0.15) is 0 Å². The number of likely N-dealkylation sites (N-methyl/N-ethyl adjacent to an activating group) is 1. The van der Waals surface area contributed by atoms with Crippen molar-refractivity contribution in [1.29, 1.82) is 0 Å². The Balaban J connectivity index is 3.60. The third-order valence-electron chi connectivity index (χ3n) is 1.50. The van der Waals surface area contributed by atoms with Crippen LogP contribution in [0.25, 0.3) is 0 Å². The molecule has 74 valence electrons. The fourth-order valence-electron chi connectivity index (χ4n) is 0.947. The Morgan fingerprint density at radius 1 is 1.62 bits per heavy atom. The smallest absolute Gasteiger partial charge is 0.234 e. The van der Waals surface area contributed by atoms with Gasteiger partial charge in [-0.25, -0.2) is 0 Å². The predicted octanol–water partition coefficient (Wildman–Crippen LogP) is 0.466. The standard InChI is InChI=1S/C10H18N2O/c1-5-6-7-12(4)8-10(13)11-9(2)3/h1,9H,6-8H2,2-4H3,(H,11,13). The first-order valence-corrected chi connectivity index (χ1v) is 4.47. The molecule has 0 spiro atoms. The van der Waals surface area contributed by atoms with Gasteiger partial charge in [-0.1, -0.05) is 0 Å². The highest BCUT2D eigenvalue weighted by atomic mass is 16.2. The highest BCUT2D eigenvalue weighted by molar-refractivity contribution is 5.78. The van der Waals surface area contributed by atoms with E-state index >= 15 is 0 Å². The summed E-state index contributed by atoms with van der Waals surface area (Å²) >= 11 is 0. The Kier molecular flexibility index (Phi) is 5.99. The summed E-state index contributed by atoms with van der Waals surface area (Å²) in [6.07, 6.45) is 5.80. The van der Waals surface area contributed by atoms with E-state index in [1.807, 2.05) is 25.8 Å². The molecular formula is C10H18N2O. The van der Waals surface area contributed by atoms with E-state index in [9.17, 15) is 4.79 Å². The van der Waals surface area contributed by atoms with E-state index in [0.717, 1.165) is 6.54 Å². The Bertz CT molecular complexity index is 194. The third-order valence-corrected chi connectivity index (χ3v) is 1.50. The van der Waals surface area contributed by atoms with E-state index < -0.39 is 0 Å². The van der Waals surface area contributed by atoms with Crippen molar-refractivity contribution in [3.05, 3.63) is 0 Å². The van der Waals surface area contributed by atoms with Crippen LogP contribution in [-0.4, -0.2) is 37.0 Å². The molecule has 3 nitrogen and oxygen atoms in total. The monoisotopic (exact) mass is 182 g/mol. The van der Waals surface area contributed by atoms with Gasteiger partial charge in [0.25, 0.3) is 0 Å². The van der Waals surface area contributed by atoms with E-state index in [1.54, 1.807) is 0 Å². The number of hydrogen-bond acceptors (Lipinski definition) is 2. The first kappa shape index (κ1) is 12.0. The molecule has 0 aromatic rings. The molecular weight excluding hydrogens is 164 g/mol. The molecule has 0 aliphatic carbocycles. The van der Waals surface area contributed by atoms with Gasteiger partial charge in [0.1, 0.15) is 0 Å². The summed E-state index contributed by atoms with van der Waals surface area (Å²) in [5.74, 6) is 2.59. The van der Waals surface area contributed by atoms with Crippen molar-refractivity contribution in [3.63, 3.8) is 0 Å². The van der Waals surface area contributed by atoms with Crippen molar-refractivity contribution in [2.45, 2.75) is 26.3 Å². The molecule has 0 unspecified atom stereocenters. The lowest BCUT2D eigenvalue weighted by molar-refractivity contribution is -0.122. The average molecular weight is 182 g/mol. The number of nitrogens with one attached hydrogen (secondary N) is 1. The van der Waals surface area contributed by atoms with Gasteiger partial charge in [0.2, 0.25) is 5.91 Å². The molecule has 1 amide bonds. The zero-order chi connectivity index (χ0) is 10.3. The summed E-state index contributed by atoms with van der Waals surface area (Å²) in [7, 11) is 1.89. The van der Waals surface area contributed by atoms with E-state index in [2.05, 4.69) is 11.2 Å². The van der Waals surface area contributed by atoms with Crippen LogP contribution >= 0.6 is 0 Å². The van der Waals surface area contributed by atoms with Gasteiger partial charge < -0.3 is 5.32 Å². The van der Waals surface area contributed by atoms with Gasteiger partial charge in [-0.05, 0) is 20.9 Å². The summed E-state index contributed by atoms with van der Waals surface area (Å²) in [5.41, 5.74) is 0. The minimum atomic E-state index is 0.0505. The van der Waals surface area contributed by atoms with Crippen LogP contribution in [0.15, 0.2) is 0 Å². The van der Waals surface area contributed by atoms with Crippen LogP contribution in [0.2, 0.25) is 0 Å². The van der Waals surface area contributed by atoms with E-state index in [-0.39, 0.29) is 11.9 Å². The van der Waals surface area contributed by atoms with Gasteiger partial charge >= 0.3 is 0 Å². The van der Waals surface area contributed by atoms with Crippen molar-refractivity contribution in [2.75, 3.05) is 20.1 Å². The SMILES string of the molecule is C#CCCN(C)CC(=O)NC(C)C. The van der Waals surface area contributed by atoms with Crippen molar-refractivity contribution in [3.8, 4) is 12.3 Å². The van der Waals surface area contributed by atoms with Crippen molar-refractivity contribution in [2.24, 2.45) is 0 Å². The summed E-state index contributed by atoms with van der Waals surface area (Å²) in [6.45, 7) is 5.07. The Hall–Kier alpha value is -1.01. The normalized spacial score (nSPS) is 10.2. The molecule has 0 aromatic carbocycles. The first-order valence-electron chi connectivity index (χ1n) is 4.47. The summed E-state index contributed by atoms with van der Waals surface area (Å²) in [6, 6.07) is 0.202. The number of terminal acetylenes is 1. The van der Waals surface area contributed by atoms with Crippen molar-refractivity contribution >= 4 is 5.91 Å². The zero-order valence-electron chi connectivity index (χ0n) is 8.63. The van der Waals surface area contributed by atoms with Crippen LogP contribution in [0.4, 0.5) is 0 Å². The molecule has 0 aliphatic heterocycles. The van der Waals surface area contributed by atoms with E-state index in [1.165, 1.54) is 0 Å². The molecule has 0 bridgehead atoms. The predicted molar refractivity (Wildman–Crippen MR) is 54.2 cm³/mol. The molecule has 0 radical (unpaired) electrons. The fourth-order valence-corrected chi connectivity index (χ4v) is 0.947. The van der Waals surface area contributed by atoms with Crippen LogP contribution < -0.4 is 5.32 Å². The second-order valence-corrected chi connectivity index (χ2v) is 3.41. The second-order valence-electron chi connectivity index (χ2n) is 3.41. The molecule has 0 saturated heterocycles. The van der Waals surface area contributed by atoms with Crippen LogP contribution in [0, 0.1) is 12.3 Å². The summed E-state index contributed by atoms with van der Waals surface area (Å²) in [5, 5.41) is 2.82. The van der Waals surface area contributed by atoms with Crippen LogP contribution in [0.3, 0.4) is 0 Å². The van der Waals surface area contributed by atoms with Gasteiger partial charge in [-0.3, -0.25) is 9.69 Å². The summed E-state index contributed by atoms with van der Waals surface area (Å²) in [4.78, 5) is 13.1. The number of rotatable bonds is 5. The molecule has 13 heavy (non-hydrogen) atoms. The molecule has 0 fully saturated rings. The molecule has 0 atom stereocenters. The van der Waals surface area contributed by atoms with Gasteiger partial charge in [0.05, 0.1) is 6.54 Å². The molecule has 0 aromatic heterocycles. The van der Waals surface area contributed by atoms with Crippen LogP contribution in [0.1, 0.15) is 20.3 Å². The molecule has 0 saturated carbocycles. The van der Waals surface area contributed by atoms with E-state index in [0.29, 0.717) is 13.0 Å². The molecule has 1 N–H and O–H groups in total. The van der Waals surface area contributed by atoms with E-state index in [4.69, 9.17) is 6.42 Å². The van der Waals surface area contributed by atoms with Crippen LogP contribution in [0.5, 0.6) is 0 Å². The third kappa shape index (κ3) is 7.35. The van der Waals surface area contributed by atoms with Crippen molar-refractivity contribution < 1.29 is 4.79 Å². The minimum Gasteiger partial charge on any atom is -0.353 e. The fraction of sp³-hybridized carbons (Fsp3) is 0.700. The van der Waals surface area contributed by atoms with Crippen molar-refractivity contribution in [1.82, 2.24) is 10.2 Å². The topological polar surface area (TPSA) is 32.3 Å². The number of carbonyl (C=O) groups is 1. The largest absolute Gasteiger partial charge is 0.353 e. The molecule has 3 heteroatoms. The van der Waals surface area contributed by atoms with Gasteiger partial charge in [-0.15, -0.1) is 12.3 Å². The Labute approximate surface area is 80.5 Å². The van der Waals surface area contributed by atoms with Gasteiger partial charge in [0.15, 0.2) is 0 Å². The molecule has 0 aliphatic rings. The number of nitrogens with zero attached hydrogens (tertiary/aromatic N) is 1. The lowest BCUT2D eigenvalue weighted by Crippen LogP contribution is -2.38. The highest BCUT2D eigenvalue weighted by Gasteiger charge is 2.05. The quantitative estimate of drug-likeness (QED) is 0.627. The maximum absolute atomic E-state index is 11.2. The van der Waals surface area contributed by atoms with Gasteiger partial charge in [0, 0.05) is 19.0 Å². The highest BCUT2D eigenvalue weighted by Crippen LogP contribution is 1.86.